The number of amides is 1. The van der Waals surface area contributed by atoms with Gasteiger partial charge in [-0.25, -0.2) is 4.79 Å². The number of carbonyl (C=O) groups is 2. The zero-order valence-electron chi connectivity index (χ0n) is 11.4. The number of unbranched alkanes of at least 4 members (excludes halogenated alkanes) is 1. The summed E-state index contributed by atoms with van der Waals surface area (Å²) >= 11 is 1.12. The molecule has 1 amide bonds. The van der Waals surface area contributed by atoms with Gasteiger partial charge in [-0.1, -0.05) is 13.3 Å². The number of hydrogen-bond donors (Lipinski definition) is 2. The van der Waals surface area contributed by atoms with E-state index < -0.39 is 11.9 Å². The number of rotatable bonds is 6. The fraction of sp³-hybridized carbons (Fsp3) is 0.500. The molecule has 0 fully saturated rings. The second-order valence-corrected chi connectivity index (χ2v) is 5.16. The van der Waals surface area contributed by atoms with Crippen LogP contribution in [0.25, 0.3) is 0 Å². The molecule has 1 aromatic heterocycles. The zero-order chi connectivity index (χ0) is 14.6. The molecule has 0 aromatic carbocycles. The Hall–Kier alpha value is -1.76. The Morgan fingerprint density at radius 2 is 2.05 bits per heavy atom. The Morgan fingerprint density at radius 3 is 2.53 bits per heavy atom. The van der Waals surface area contributed by atoms with E-state index in [1.165, 1.54) is 7.11 Å². The van der Waals surface area contributed by atoms with Gasteiger partial charge in [-0.15, -0.1) is 11.3 Å². The van der Waals surface area contributed by atoms with Gasteiger partial charge in [0.2, 0.25) is 0 Å². The van der Waals surface area contributed by atoms with Crippen molar-refractivity contribution < 1.29 is 14.3 Å². The van der Waals surface area contributed by atoms with Gasteiger partial charge in [-0.2, -0.15) is 0 Å². The summed E-state index contributed by atoms with van der Waals surface area (Å²) in [5, 5.41) is 0.617. The largest absolute Gasteiger partial charge is 0.465 e. The highest BCUT2D eigenvalue weighted by atomic mass is 32.1. The van der Waals surface area contributed by atoms with E-state index in [9.17, 15) is 9.59 Å². The van der Waals surface area contributed by atoms with Crippen LogP contribution in [0, 0.1) is 0 Å². The average Bonchev–Trinajstić information content (AvgIpc) is 2.73. The molecule has 0 spiro atoms. The topological polar surface area (TPSA) is 98.6 Å². The molecule has 7 heteroatoms. The number of ether oxygens (including phenoxy) is 1. The molecule has 0 bridgehead atoms. The lowest BCUT2D eigenvalue weighted by molar-refractivity contribution is 0.0603. The second kappa shape index (κ2) is 6.42. The maximum Gasteiger partial charge on any atom is 0.343 e. The molecule has 1 aromatic rings. The lowest BCUT2D eigenvalue weighted by atomic mass is 10.2. The molecule has 0 aliphatic heterocycles. The minimum atomic E-state index is -0.636. The molecule has 19 heavy (non-hydrogen) atoms. The molecule has 0 unspecified atom stereocenters. The Labute approximate surface area is 116 Å². The Balaban J connectivity index is 3.24. The first-order valence-electron chi connectivity index (χ1n) is 5.95. The van der Waals surface area contributed by atoms with Crippen molar-refractivity contribution in [3.05, 3.63) is 10.4 Å². The van der Waals surface area contributed by atoms with Crippen LogP contribution in [-0.2, 0) is 4.74 Å². The van der Waals surface area contributed by atoms with Gasteiger partial charge in [0.15, 0.2) is 0 Å². The monoisotopic (exact) mass is 285 g/mol. The van der Waals surface area contributed by atoms with Crippen LogP contribution in [-0.4, -0.2) is 32.6 Å². The van der Waals surface area contributed by atoms with Crippen LogP contribution in [0.2, 0.25) is 0 Å². The molecule has 0 radical (unpaired) electrons. The van der Waals surface area contributed by atoms with Crippen LogP contribution in [0.3, 0.4) is 0 Å². The third-order valence-corrected chi connectivity index (χ3v) is 4.07. The number of nitrogen functional groups attached to an aromatic ring is 1. The lowest BCUT2D eigenvalue weighted by Crippen LogP contribution is -2.20. The van der Waals surface area contributed by atoms with Gasteiger partial charge in [0, 0.05) is 13.6 Å². The summed E-state index contributed by atoms with van der Waals surface area (Å²) in [4.78, 5) is 25.2. The maximum absolute atomic E-state index is 11.8. The fourth-order valence-electron chi connectivity index (χ4n) is 1.68. The highest BCUT2D eigenvalue weighted by Gasteiger charge is 2.26. The summed E-state index contributed by atoms with van der Waals surface area (Å²) in [5.74, 6) is -1.19. The lowest BCUT2D eigenvalue weighted by Gasteiger charge is -2.18. The van der Waals surface area contributed by atoms with E-state index in [2.05, 4.69) is 6.92 Å². The summed E-state index contributed by atoms with van der Waals surface area (Å²) in [6.07, 6.45) is 2.00. The van der Waals surface area contributed by atoms with E-state index in [1.807, 2.05) is 11.9 Å². The molecular weight excluding hydrogens is 266 g/mol. The van der Waals surface area contributed by atoms with E-state index in [1.54, 1.807) is 0 Å². The Bertz CT molecular complexity index is 485. The van der Waals surface area contributed by atoms with Crippen molar-refractivity contribution >= 4 is 33.9 Å². The number of nitrogens with zero attached hydrogens (tertiary/aromatic N) is 1. The molecule has 106 valence electrons. The number of nitrogens with two attached hydrogens (primary N) is 2. The second-order valence-electron chi connectivity index (χ2n) is 4.16. The quantitative estimate of drug-likeness (QED) is 0.771. The van der Waals surface area contributed by atoms with E-state index >= 15 is 0 Å². The van der Waals surface area contributed by atoms with E-state index in [0.29, 0.717) is 5.00 Å². The van der Waals surface area contributed by atoms with Gasteiger partial charge in [-0.05, 0) is 6.42 Å². The summed E-state index contributed by atoms with van der Waals surface area (Å²) in [6.45, 7) is 2.84. The SMILES string of the molecule is CCCCN(C)c1sc(C(N)=O)c(N)c1C(=O)OC. The summed E-state index contributed by atoms with van der Waals surface area (Å²) in [7, 11) is 3.12. The average molecular weight is 285 g/mol. The molecule has 0 aliphatic carbocycles. The predicted molar refractivity (Wildman–Crippen MR) is 76.8 cm³/mol. The van der Waals surface area contributed by atoms with Crippen molar-refractivity contribution in [1.82, 2.24) is 0 Å². The van der Waals surface area contributed by atoms with E-state index in [0.717, 1.165) is 30.7 Å². The van der Waals surface area contributed by atoms with Crippen molar-refractivity contribution in [1.29, 1.82) is 0 Å². The van der Waals surface area contributed by atoms with Gasteiger partial charge in [0.1, 0.15) is 15.4 Å². The summed E-state index contributed by atoms with van der Waals surface area (Å²) in [5.41, 5.74) is 11.4. The first kappa shape index (κ1) is 15.3. The molecule has 1 rings (SSSR count). The van der Waals surface area contributed by atoms with Crippen molar-refractivity contribution in [2.45, 2.75) is 19.8 Å². The van der Waals surface area contributed by atoms with Crippen molar-refractivity contribution in [3.63, 3.8) is 0 Å². The van der Waals surface area contributed by atoms with Crippen LogP contribution in [0.4, 0.5) is 10.7 Å². The van der Waals surface area contributed by atoms with Crippen LogP contribution in [0.1, 0.15) is 39.8 Å². The third-order valence-electron chi connectivity index (χ3n) is 2.73. The number of anilines is 2. The molecule has 0 atom stereocenters. The van der Waals surface area contributed by atoms with E-state index in [-0.39, 0.29) is 16.1 Å². The molecular formula is C12H19N3O3S. The minimum Gasteiger partial charge on any atom is -0.465 e. The van der Waals surface area contributed by atoms with Crippen molar-refractivity contribution in [3.8, 4) is 0 Å². The number of thiophene rings is 1. The van der Waals surface area contributed by atoms with Crippen molar-refractivity contribution in [2.24, 2.45) is 5.73 Å². The number of carbonyl (C=O) groups excluding carboxylic acids is 2. The first-order chi connectivity index (χ1) is 8.93. The maximum atomic E-state index is 11.8. The van der Waals surface area contributed by atoms with Gasteiger partial charge in [0.25, 0.3) is 5.91 Å². The summed E-state index contributed by atoms with van der Waals surface area (Å²) < 4.78 is 4.71. The van der Waals surface area contributed by atoms with Gasteiger partial charge < -0.3 is 21.1 Å². The van der Waals surface area contributed by atoms with Crippen LogP contribution in [0.15, 0.2) is 0 Å². The molecule has 6 nitrogen and oxygen atoms in total. The Morgan fingerprint density at radius 1 is 1.42 bits per heavy atom. The Kier molecular flexibility index (Phi) is 5.17. The highest BCUT2D eigenvalue weighted by molar-refractivity contribution is 7.19. The van der Waals surface area contributed by atoms with Gasteiger partial charge in [-0.3, -0.25) is 4.79 Å². The predicted octanol–water partition coefficient (Wildman–Crippen LogP) is 1.45. The first-order valence-corrected chi connectivity index (χ1v) is 6.77. The van der Waals surface area contributed by atoms with Crippen molar-refractivity contribution in [2.75, 3.05) is 31.3 Å². The minimum absolute atomic E-state index is 0.0997. The number of hydrogen-bond acceptors (Lipinski definition) is 6. The highest BCUT2D eigenvalue weighted by Crippen LogP contribution is 2.38. The molecule has 0 saturated heterocycles. The number of primary amides is 1. The molecule has 0 aliphatic rings. The van der Waals surface area contributed by atoms with Crippen LogP contribution >= 0.6 is 11.3 Å². The van der Waals surface area contributed by atoms with Gasteiger partial charge in [0.05, 0.1) is 12.8 Å². The normalized spacial score (nSPS) is 10.3. The van der Waals surface area contributed by atoms with Gasteiger partial charge >= 0.3 is 5.97 Å². The number of esters is 1. The van der Waals surface area contributed by atoms with E-state index in [4.69, 9.17) is 16.2 Å². The molecule has 0 saturated carbocycles. The fourth-order valence-corrected chi connectivity index (χ4v) is 2.73. The third kappa shape index (κ3) is 3.17. The molecule has 4 N–H and O–H groups in total. The standard InChI is InChI=1S/C12H19N3O3S/c1-4-5-6-15(2)11-7(12(17)18-3)8(13)9(19-11)10(14)16/h4-6,13H2,1-3H3,(H2,14,16). The zero-order valence-corrected chi connectivity index (χ0v) is 12.2. The van der Waals surface area contributed by atoms with Crippen LogP contribution < -0.4 is 16.4 Å². The van der Waals surface area contributed by atoms with Crippen LogP contribution in [0.5, 0.6) is 0 Å². The smallest absolute Gasteiger partial charge is 0.343 e. The molecule has 1 heterocycles. The number of methoxy groups -OCH3 is 1. The summed E-state index contributed by atoms with van der Waals surface area (Å²) in [6, 6.07) is 0.